The van der Waals surface area contributed by atoms with E-state index in [1.54, 1.807) is 49.4 Å². The molecule has 2 aromatic carbocycles. The van der Waals surface area contributed by atoms with Crippen molar-refractivity contribution in [3.05, 3.63) is 52.5 Å². The van der Waals surface area contributed by atoms with Gasteiger partial charge in [0.2, 0.25) is 0 Å². The summed E-state index contributed by atoms with van der Waals surface area (Å²) in [6.07, 6.45) is -0.707. The van der Waals surface area contributed by atoms with Crippen LogP contribution in [0.1, 0.15) is 6.92 Å². The molecule has 1 amide bonds. The highest BCUT2D eigenvalue weighted by Crippen LogP contribution is 2.24. The monoisotopic (exact) mass is 324 g/mol. The first-order chi connectivity index (χ1) is 9.95. The lowest BCUT2D eigenvalue weighted by Gasteiger charge is -2.16. The molecule has 0 aliphatic heterocycles. The van der Waals surface area contributed by atoms with Gasteiger partial charge in [0, 0.05) is 10.0 Å². The number of hydrogen-bond donors (Lipinski definition) is 2. The molecule has 0 saturated heterocycles. The van der Waals surface area contributed by atoms with Crippen LogP contribution in [0.2, 0.25) is 10.0 Å². The lowest BCUT2D eigenvalue weighted by Crippen LogP contribution is -2.30. The molecule has 1 atom stereocenters. The van der Waals surface area contributed by atoms with Crippen LogP contribution < -0.4 is 15.8 Å². The molecule has 0 saturated carbocycles. The van der Waals surface area contributed by atoms with E-state index < -0.39 is 6.10 Å². The highest BCUT2D eigenvalue weighted by molar-refractivity contribution is 6.31. The maximum absolute atomic E-state index is 12.1. The topological polar surface area (TPSA) is 64.3 Å². The van der Waals surface area contributed by atoms with Crippen molar-refractivity contribution in [1.82, 2.24) is 0 Å². The van der Waals surface area contributed by atoms with Crippen molar-refractivity contribution >= 4 is 40.5 Å². The van der Waals surface area contributed by atoms with Gasteiger partial charge in [-0.3, -0.25) is 4.79 Å². The smallest absolute Gasteiger partial charge is 0.265 e. The molecule has 21 heavy (non-hydrogen) atoms. The normalized spacial score (nSPS) is 11.8. The van der Waals surface area contributed by atoms with Crippen LogP contribution in [-0.4, -0.2) is 12.0 Å². The molecule has 0 radical (unpaired) electrons. The van der Waals surface area contributed by atoms with E-state index in [2.05, 4.69) is 5.32 Å². The number of halogens is 2. The third-order valence-corrected chi connectivity index (χ3v) is 3.22. The van der Waals surface area contributed by atoms with Gasteiger partial charge < -0.3 is 15.8 Å². The maximum atomic E-state index is 12.1. The highest BCUT2D eigenvalue weighted by atomic mass is 35.5. The largest absolute Gasteiger partial charge is 0.481 e. The number of nitrogens with two attached hydrogens (primary N) is 1. The Morgan fingerprint density at radius 3 is 2.62 bits per heavy atom. The molecule has 0 fully saturated rings. The van der Waals surface area contributed by atoms with Gasteiger partial charge in [0.1, 0.15) is 5.75 Å². The number of hydrogen-bond acceptors (Lipinski definition) is 3. The number of nitrogen functional groups attached to an aromatic ring is 1. The Morgan fingerprint density at radius 1 is 1.19 bits per heavy atom. The van der Waals surface area contributed by atoms with E-state index in [9.17, 15) is 4.79 Å². The summed E-state index contributed by atoms with van der Waals surface area (Å²) in [4.78, 5) is 12.1. The van der Waals surface area contributed by atoms with Crippen LogP contribution in [0.5, 0.6) is 5.75 Å². The average molecular weight is 325 g/mol. The summed E-state index contributed by atoms with van der Waals surface area (Å²) in [5, 5.41) is 3.71. The molecule has 0 spiro atoms. The van der Waals surface area contributed by atoms with E-state index in [0.717, 1.165) is 0 Å². The first-order valence-electron chi connectivity index (χ1n) is 6.24. The molecular weight excluding hydrogens is 311 g/mol. The number of nitrogens with one attached hydrogen (secondary N) is 1. The summed E-state index contributed by atoms with van der Waals surface area (Å²) in [6, 6.07) is 11.7. The third-order valence-electron chi connectivity index (χ3n) is 2.75. The van der Waals surface area contributed by atoms with Crippen molar-refractivity contribution in [2.24, 2.45) is 0 Å². The lowest BCUT2D eigenvalue weighted by atomic mass is 10.2. The SMILES string of the molecule is CC(Oc1cccc(Cl)c1)C(=O)Nc1cc(Cl)ccc1N. The summed E-state index contributed by atoms with van der Waals surface area (Å²) < 4.78 is 5.53. The number of carbonyl (C=O) groups is 1. The Kier molecular flexibility index (Phi) is 4.94. The zero-order valence-electron chi connectivity index (χ0n) is 11.3. The van der Waals surface area contributed by atoms with Crippen molar-refractivity contribution < 1.29 is 9.53 Å². The van der Waals surface area contributed by atoms with E-state index in [1.165, 1.54) is 0 Å². The van der Waals surface area contributed by atoms with Crippen molar-refractivity contribution in [2.75, 3.05) is 11.1 Å². The van der Waals surface area contributed by atoms with Crippen LogP contribution in [-0.2, 0) is 4.79 Å². The van der Waals surface area contributed by atoms with E-state index in [-0.39, 0.29) is 5.91 Å². The van der Waals surface area contributed by atoms with Gasteiger partial charge >= 0.3 is 0 Å². The molecule has 0 heterocycles. The van der Waals surface area contributed by atoms with E-state index >= 15 is 0 Å². The van der Waals surface area contributed by atoms with Gasteiger partial charge in [0.05, 0.1) is 11.4 Å². The fraction of sp³-hybridized carbons (Fsp3) is 0.133. The second-order valence-electron chi connectivity index (χ2n) is 4.44. The molecule has 2 rings (SSSR count). The number of rotatable bonds is 4. The molecule has 6 heteroatoms. The number of ether oxygens (including phenoxy) is 1. The first kappa shape index (κ1) is 15.5. The fourth-order valence-electron chi connectivity index (χ4n) is 1.67. The predicted molar refractivity (Wildman–Crippen MR) is 86.0 cm³/mol. The van der Waals surface area contributed by atoms with Gasteiger partial charge in [-0.25, -0.2) is 0 Å². The molecule has 4 nitrogen and oxygen atoms in total. The molecule has 3 N–H and O–H groups in total. The minimum Gasteiger partial charge on any atom is -0.481 e. The summed E-state index contributed by atoms with van der Waals surface area (Å²) >= 11 is 11.7. The number of benzene rings is 2. The molecule has 0 bridgehead atoms. The van der Waals surface area contributed by atoms with Gasteiger partial charge in [-0.05, 0) is 43.3 Å². The van der Waals surface area contributed by atoms with Crippen LogP contribution in [0, 0.1) is 0 Å². The summed E-state index contributed by atoms with van der Waals surface area (Å²) in [6.45, 7) is 1.64. The molecule has 2 aromatic rings. The zero-order chi connectivity index (χ0) is 15.4. The van der Waals surface area contributed by atoms with Crippen molar-refractivity contribution in [1.29, 1.82) is 0 Å². The lowest BCUT2D eigenvalue weighted by molar-refractivity contribution is -0.122. The summed E-state index contributed by atoms with van der Waals surface area (Å²) in [5.41, 5.74) is 6.66. The molecule has 0 aromatic heterocycles. The van der Waals surface area contributed by atoms with Crippen LogP contribution in [0.4, 0.5) is 11.4 Å². The number of anilines is 2. The third kappa shape index (κ3) is 4.28. The Bertz CT molecular complexity index is 662. The fourth-order valence-corrected chi connectivity index (χ4v) is 2.02. The van der Waals surface area contributed by atoms with Crippen LogP contribution >= 0.6 is 23.2 Å². The Labute approximate surface area is 132 Å². The number of carbonyl (C=O) groups excluding carboxylic acids is 1. The summed E-state index contributed by atoms with van der Waals surface area (Å²) in [5.74, 6) is 0.188. The second-order valence-corrected chi connectivity index (χ2v) is 5.31. The van der Waals surface area contributed by atoms with Crippen LogP contribution in [0.15, 0.2) is 42.5 Å². The molecular formula is C15H14Cl2N2O2. The minimum atomic E-state index is -0.707. The molecule has 1 unspecified atom stereocenters. The standard InChI is InChI=1S/C15H14Cl2N2O2/c1-9(21-12-4-2-3-10(16)7-12)15(20)19-14-8-11(17)5-6-13(14)18/h2-9H,18H2,1H3,(H,19,20). The predicted octanol–water partition coefficient (Wildman–Crippen LogP) is 3.98. The second kappa shape index (κ2) is 6.70. The zero-order valence-corrected chi connectivity index (χ0v) is 12.8. The number of amides is 1. The molecule has 110 valence electrons. The average Bonchev–Trinajstić information content (AvgIpc) is 2.43. The van der Waals surface area contributed by atoms with Gasteiger partial charge in [0.15, 0.2) is 6.10 Å². The Hall–Kier alpha value is -1.91. The Balaban J connectivity index is 2.04. The summed E-state index contributed by atoms with van der Waals surface area (Å²) in [7, 11) is 0. The van der Waals surface area contributed by atoms with Gasteiger partial charge in [-0.1, -0.05) is 29.3 Å². The minimum absolute atomic E-state index is 0.330. The highest BCUT2D eigenvalue weighted by Gasteiger charge is 2.16. The van der Waals surface area contributed by atoms with Crippen molar-refractivity contribution in [3.63, 3.8) is 0 Å². The maximum Gasteiger partial charge on any atom is 0.265 e. The van der Waals surface area contributed by atoms with E-state index in [0.29, 0.717) is 27.2 Å². The van der Waals surface area contributed by atoms with Crippen LogP contribution in [0.3, 0.4) is 0 Å². The quantitative estimate of drug-likeness (QED) is 0.836. The van der Waals surface area contributed by atoms with E-state index in [4.69, 9.17) is 33.7 Å². The van der Waals surface area contributed by atoms with E-state index in [1.807, 2.05) is 0 Å². The van der Waals surface area contributed by atoms with Gasteiger partial charge in [0.25, 0.3) is 5.91 Å². The molecule has 0 aliphatic carbocycles. The molecule has 0 aliphatic rings. The van der Waals surface area contributed by atoms with Gasteiger partial charge in [-0.15, -0.1) is 0 Å². The van der Waals surface area contributed by atoms with Gasteiger partial charge in [-0.2, -0.15) is 0 Å². The van der Waals surface area contributed by atoms with Crippen LogP contribution in [0.25, 0.3) is 0 Å². The first-order valence-corrected chi connectivity index (χ1v) is 6.99. The Morgan fingerprint density at radius 2 is 1.90 bits per heavy atom. The van der Waals surface area contributed by atoms with Crippen molar-refractivity contribution in [2.45, 2.75) is 13.0 Å². The van der Waals surface area contributed by atoms with Crippen molar-refractivity contribution in [3.8, 4) is 5.75 Å².